The molecule has 0 heterocycles. The average molecular weight is 483 g/mol. The molecule has 0 bridgehead atoms. The predicted molar refractivity (Wildman–Crippen MR) is 128 cm³/mol. The zero-order chi connectivity index (χ0) is 24.6. The lowest BCUT2D eigenvalue weighted by Crippen LogP contribution is -2.58. The van der Waals surface area contributed by atoms with Crippen LogP contribution >= 0.6 is 0 Å². The molecule has 0 aromatic carbocycles. The van der Waals surface area contributed by atoms with Crippen molar-refractivity contribution in [2.45, 2.75) is 142 Å². The van der Waals surface area contributed by atoms with E-state index in [1.54, 1.807) is 0 Å². The van der Waals surface area contributed by atoms with Crippen LogP contribution in [-0.4, -0.2) is 36.3 Å². The molecule has 0 unspecified atom stereocenters. The maximum atomic E-state index is 8.60. The molecular weight excluding hydrogens is 426 g/mol. The van der Waals surface area contributed by atoms with Gasteiger partial charge in [-0.05, 0) is 25.7 Å². The fourth-order valence-electron chi connectivity index (χ4n) is 4.17. The first-order chi connectivity index (χ1) is 15.1. The smallest absolute Gasteiger partial charge is 0.0782 e. The van der Waals surface area contributed by atoms with Gasteiger partial charge in [-0.3, -0.25) is 0 Å². The third kappa shape index (κ3) is 37.4. The van der Waals surface area contributed by atoms with Crippen molar-refractivity contribution in [1.82, 2.24) is 0 Å². The third-order valence-electron chi connectivity index (χ3n) is 6.23. The number of hydrogen-bond donors (Lipinski definition) is 1. The molecule has 196 valence electrons. The van der Waals surface area contributed by atoms with Gasteiger partial charge in [-0.25, -0.2) is 0 Å². The highest BCUT2D eigenvalue weighted by Crippen LogP contribution is 2.14. The quantitative estimate of drug-likeness (QED) is 0.177. The Bertz CT molecular complexity index is 330. The van der Waals surface area contributed by atoms with Gasteiger partial charge in [-0.2, -0.15) is 14.0 Å². The highest BCUT2D eigenvalue weighted by atomic mass is 35.7. The van der Waals surface area contributed by atoms with Crippen LogP contribution in [0.25, 0.3) is 0 Å². The Hall–Kier alpha value is 0.0900. The van der Waals surface area contributed by atoms with E-state index < -0.39 is 10.2 Å². The van der Waals surface area contributed by atoms with Crippen LogP contribution in [0, 0.1) is 10.2 Å². The van der Waals surface area contributed by atoms with Crippen LogP contribution in [0.3, 0.4) is 0 Å². The van der Waals surface area contributed by atoms with Gasteiger partial charge < -0.3 is 4.48 Å². The van der Waals surface area contributed by atoms with Crippen LogP contribution in [0.1, 0.15) is 142 Å². The van der Waals surface area contributed by atoms with E-state index in [0.29, 0.717) is 0 Å². The van der Waals surface area contributed by atoms with Gasteiger partial charge in [0, 0.05) is 0 Å². The summed E-state index contributed by atoms with van der Waals surface area (Å²) in [7, 11) is 0.197. The van der Waals surface area contributed by atoms with Crippen molar-refractivity contribution < 1.29 is 33.4 Å². The van der Waals surface area contributed by atoms with Crippen molar-refractivity contribution in [2.75, 3.05) is 27.2 Å². The van der Waals surface area contributed by atoms with E-state index in [1.165, 1.54) is 146 Å². The van der Waals surface area contributed by atoms with Crippen molar-refractivity contribution in [3.63, 3.8) is 0 Å². The summed E-state index contributed by atoms with van der Waals surface area (Å²) >= 11 is 0. The molecule has 0 amide bonds. The van der Waals surface area contributed by atoms with Gasteiger partial charge in [0.2, 0.25) is 0 Å². The summed E-state index contributed by atoms with van der Waals surface area (Å²) in [4.78, 5) is 0. The topological polar surface area (TPSA) is 89.4 Å². The van der Waals surface area contributed by atoms with E-state index in [0.717, 1.165) is 0 Å². The van der Waals surface area contributed by atoms with E-state index in [4.69, 9.17) is 18.6 Å². The molecule has 0 aliphatic carbocycles. The molecule has 0 aromatic heterocycles. The molecule has 1 N–H and O–H groups in total. The third-order valence-corrected chi connectivity index (χ3v) is 6.23. The number of rotatable bonds is 22. The highest BCUT2D eigenvalue weighted by molar-refractivity contribution is 4.50. The van der Waals surface area contributed by atoms with Crippen molar-refractivity contribution in [2.24, 2.45) is 0 Å². The minimum Gasteiger partial charge on any atom is -0.328 e. The van der Waals surface area contributed by atoms with Crippen molar-refractivity contribution in [3.8, 4) is 0 Å². The second-order valence-electron chi connectivity index (χ2n) is 10.1. The van der Waals surface area contributed by atoms with Crippen LogP contribution in [0.2, 0.25) is 0 Å². The summed E-state index contributed by atoms with van der Waals surface area (Å²) in [6.07, 6.45) is 29.0. The van der Waals surface area contributed by atoms with Gasteiger partial charge in [0.05, 0.1) is 42.1 Å². The summed E-state index contributed by atoms with van der Waals surface area (Å²) in [6.45, 7) is 7.37. The molecule has 0 aliphatic rings. The molecule has 0 saturated carbocycles. The van der Waals surface area contributed by atoms with Gasteiger partial charge in [-0.1, -0.05) is 117 Å². The summed E-state index contributed by atoms with van der Waals surface area (Å²) in [5, 5.41) is 0. The van der Waals surface area contributed by atoms with Crippen molar-refractivity contribution >= 4 is 0 Å². The van der Waals surface area contributed by atoms with Gasteiger partial charge in [0.25, 0.3) is 0 Å². The Labute approximate surface area is 202 Å². The highest BCUT2D eigenvalue weighted by Gasteiger charge is 2.13. The first-order valence-corrected chi connectivity index (χ1v) is 14.8. The normalized spacial score (nSPS) is 12.0. The van der Waals surface area contributed by atoms with Gasteiger partial charge in [-0.15, -0.1) is 0 Å². The van der Waals surface area contributed by atoms with Gasteiger partial charge in [0.1, 0.15) is 0 Å². The standard InChI is InChI=1S/C26H56N.ClHO4/c1-5-7-9-11-13-15-17-19-21-23-25-27(3,4)26-24-22-20-18-16-14-12-10-8-6-2;2-1(3,4)5/h5-26H2,1-4H3;(H,2,3,4,5)/q+1;. The van der Waals surface area contributed by atoms with Crippen molar-refractivity contribution in [3.05, 3.63) is 0 Å². The average Bonchev–Trinajstić information content (AvgIpc) is 2.69. The van der Waals surface area contributed by atoms with Gasteiger partial charge in [0.15, 0.2) is 0 Å². The molecule has 5 nitrogen and oxygen atoms in total. The Morgan fingerprint density at radius 1 is 0.469 bits per heavy atom. The Balaban J connectivity index is 0. The molecule has 0 saturated heterocycles. The summed E-state index contributed by atoms with van der Waals surface area (Å²) in [5.74, 6) is 0. The monoisotopic (exact) mass is 482 g/mol. The van der Waals surface area contributed by atoms with E-state index in [2.05, 4.69) is 27.9 Å². The molecule has 0 radical (unpaired) electrons. The molecule has 0 spiro atoms. The van der Waals surface area contributed by atoms with Crippen LogP contribution in [-0.2, 0) is 0 Å². The van der Waals surface area contributed by atoms with Crippen LogP contribution in [0.15, 0.2) is 0 Å². The molecule has 0 atom stereocenters. The fraction of sp³-hybridized carbons (Fsp3) is 1.00. The number of halogens is 1. The van der Waals surface area contributed by atoms with Crippen LogP contribution in [0.4, 0.5) is 0 Å². The molecule has 6 heteroatoms. The van der Waals surface area contributed by atoms with Gasteiger partial charge >= 0.3 is 0 Å². The number of unbranched alkanes of at least 4 members (excludes halogenated alkanes) is 18. The number of hydrogen-bond acceptors (Lipinski definition) is 4. The maximum absolute atomic E-state index is 8.60. The number of quaternary nitrogens is 1. The first kappa shape index (κ1) is 34.3. The second-order valence-corrected chi connectivity index (χ2v) is 10.9. The first-order valence-electron chi connectivity index (χ1n) is 13.6. The summed E-state index contributed by atoms with van der Waals surface area (Å²) in [5.41, 5.74) is 0. The van der Waals surface area contributed by atoms with E-state index in [-0.39, 0.29) is 0 Å². The SMILES string of the molecule is CCCCCCCCCCCC[N+](C)(C)CCCCCCCCCCCC.[O-][Cl+3]([O-])([O-])O. The zero-order valence-electron chi connectivity index (χ0n) is 22.1. The zero-order valence-corrected chi connectivity index (χ0v) is 22.8. The maximum Gasteiger partial charge on any atom is 0.0782 e. The van der Waals surface area contributed by atoms with E-state index in [1.807, 2.05) is 0 Å². The minimum absolute atomic E-state index is 1.24. The summed E-state index contributed by atoms with van der Waals surface area (Å²) < 4.78 is 34.0. The predicted octanol–water partition coefficient (Wildman–Crippen LogP) is 4.78. The molecular formula is C26H57ClNO4+. The van der Waals surface area contributed by atoms with E-state index >= 15 is 0 Å². The molecule has 32 heavy (non-hydrogen) atoms. The lowest BCUT2D eigenvalue weighted by molar-refractivity contribution is -1.92. The Morgan fingerprint density at radius 3 is 0.875 bits per heavy atom. The number of nitrogens with zero attached hydrogens (tertiary/aromatic N) is 1. The fourth-order valence-corrected chi connectivity index (χ4v) is 4.17. The Morgan fingerprint density at radius 2 is 0.656 bits per heavy atom. The molecule has 0 rings (SSSR count). The van der Waals surface area contributed by atoms with E-state index in [9.17, 15) is 0 Å². The Kier molecular flexibility index (Phi) is 25.9. The van der Waals surface area contributed by atoms with Crippen LogP contribution in [0.5, 0.6) is 0 Å². The molecule has 0 aliphatic heterocycles. The van der Waals surface area contributed by atoms with Crippen molar-refractivity contribution in [1.29, 1.82) is 0 Å². The lowest BCUT2D eigenvalue weighted by Gasteiger charge is -2.30. The molecule has 0 aromatic rings. The van der Waals surface area contributed by atoms with Crippen LogP contribution < -0.4 is 14.0 Å². The molecule has 0 fully saturated rings. The lowest BCUT2D eigenvalue weighted by atomic mass is 10.1. The minimum atomic E-state index is -4.69. The largest absolute Gasteiger partial charge is 0.328 e. The second kappa shape index (κ2) is 24.2. The summed E-state index contributed by atoms with van der Waals surface area (Å²) in [6, 6.07) is 0.